The van der Waals surface area contributed by atoms with E-state index in [2.05, 4.69) is 0 Å². The van der Waals surface area contributed by atoms with E-state index in [1.165, 1.54) is 18.9 Å². The molecule has 164 valence electrons. The lowest BCUT2D eigenvalue weighted by Gasteiger charge is -2.52. The largest absolute Gasteiger partial charge is 0.495 e. The Kier molecular flexibility index (Phi) is 4.06. The highest BCUT2D eigenvalue weighted by molar-refractivity contribution is 6.24. The van der Waals surface area contributed by atoms with Crippen LogP contribution in [0.15, 0.2) is 72.8 Å². The number of esters is 1. The van der Waals surface area contributed by atoms with E-state index in [0.29, 0.717) is 11.4 Å². The standard InChI is InChI=1S/C27H21NO5/c1-15(29)33-27-18-11-5-3-9-16(18)22(17-10-4-6-12-19(17)27)23-24(27)26(31)28(25(23)30)20-13-7-8-14-21(20)32-2/h3-14,22-24H,1-2H3/t22?,23-,24+,27?/m1/s1. The molecule has 3 aromatic rings. The SMILES string of the molecule is COc1ccccc1N1C(=O)[C@@H]2C3c4ccccc4C(OC(C)=O)(c4ccccc43)[C@@H]2C1=O. The molecule has 1 aliphatic heterocycles. The molecule has 2 amide bonds. The van der Waals surface area contributed by atoms with Gasteiger partial charge in [-0.25, -0.2) is 4.90 Å². The van der Waals surface area contributed by atoms with Crippen molar-refractivity contribution in [1.82, 2.24) is 0 Å². The number of amides is 2. The Hall–Kier alpha value is -3.93. The van der Waals surface area contributed by atoms with Gasteiger partial charge >= 0.3 is 5.97 Å². The predicted molar refractivity (Wildman–Crippen MR) is 120 cm³/mol. The molecule has 33 heavy (non-hydrogen) atoms. The topological polar surface area (TPSA) is 72.9 Å². The molecule has 4 aliphatic rings. The summed E-state index contributed by atoms with van der Waals surface area (Å²) in [5, 5.41) is 0. The van der Waals surface area contributed by atoms with E-state index in [1.807, 2.05) is 48.5 Å². The van der Waals surface area contributed by atoms with Crippen molar-refractivity contribution in [2.45, 2.75) is 18.4 Å². The monoisotopic (exact) mass is 439 g/mol. The summed E-state index contributed by atoms with van der Waals surface area (Å²) < 4.78 is 11.6. The van der Waals surface area contributed by atoms with E-state index in [4.69, 9.17) is 9.47 Å². The first-order valence-electron chi connectivity index (χ1n) is 10.9. The van der Waals surface area contributed by atoms with Gasteiger partial charge in [0.1, 0.15) is 5.75 Å². The van der Waals surface area contributed by atoms with Crippen molar-refractivity contribution < 1.29 is 23.9 Å². The molecular formula is C27H21NO5. The first-order chi connectivity index (χ1) is 16.0. The number of nitrogens with zero attached hydrogens (tertiary/aromatic N) is 1. The summed E-state index contributed by atoms with van der Waals surface area (Å²) in [4.78, 5) is 41.7. The molecule has 3 aromatic carbocycles. The van der Waals surface area contributed by atoms with Gasteiger partial charge in [-0.3, -0.25) is 14.4 Å². The number of carbonyl (C=O) groups excluding carboxylic acids is 3. The maximum absolute atomic E-state index is 14.1. The van der Waals surface area contributed by atoms with E-state index >= 15 is 0 Å². The fourth-order valence-electron chi connectivity index (χ4n) is 6.15. The molecule has 6 heteroatoms. The van der Waals surface area contributed by atoms with Crippen molar-refractivity contribution in [3.8, 4) is 5.75 Å². The van der Waals surface area contributed by atoms with Gasteiger partial charge in [0.2, 0.25) is 11.8 Å². The molecule has 1 heterocycles. The Morgan fingerprint density at radius 2 is 1.42 bits per heavy atom. The quantitative estimate of drug-likeness (QED) is 0.459. The van der Waals surface area contributed by atoms with Crippen molar-refractivity contribution in [2.24, 2.45) is 11.8 Å². The Bertz CT molecular complexity index is 1300. The van der Waals surface area contributed by atoms with Crippen LogP contribution >= 0.6 is 0 Å². The van der Waals surface area contributed by atoms with Crippen LogP contribution in [0.5, 0.6) is 5.75 Å². The molecule has 1 fully saturated rings. The second-order valence-corrected chi connectivity index (χ2v) is 8.67. The number of benzene rings is 3. The molecule has 6 nitrogen and oxygen atoms in total. The number of anilines is 1. The zero-order valence-corrected chi connectivity index (χ0v) is 18.1. The van der Waals surface area contributed by atoms with Crippen LogP contribution < -0.4 is 9.64 Å². The summed E-state index contributed by atoms with van der Waals surface area (Å²) in [6.07, 6.45) is 0. The number of para-hydroxylation sites is 2. The molecule has 2 bridgehead atoms. The minimum atomic E-state index is -1.37. The van der Waals surface area contributed by atoms with Crippen molar-refractivity contribution in [3.05, 3.63) is 95.1 Å². The lowest BCUT2D eigenvalue weighted by molar-refractivity contribution is -0.167. The summed E-state index contributed by atoms with van der Waals surface area (Å²) in [5.41, 5.74) is 2.40. The van der Waals surface area contributed by atoms with Crippen LogP contribution in [0.1, 0.15) is 35.1 Å². The minimum Gasteiger partial charge on any atom is -0.495 e. The summed E-state index contributed by atoms with van der Waals surface area (Å²) in [6, 6.07) is 22.3. The van der Waals surface area contributed by atoms with Crippen LogP contribution in [0.25, 0.3) is 0 Å². The van der Waals surface area contributed by atoms with Crippen LogP contribution in [0, 0.1) is 11.8 Å². The van der Waals surface area contributed by atoms with Crippen LogP contribution in [-0.4, -0.2) is 24.9 Å². The van der Waals surface area contributed by atoms with Crippen molar-refractivity contribution in [1.29, 1.82) is 0 Å². The second-order valence-electron chi connectivity index (χ2n) is 8.67. The first-order valence-corrected chi connectivity index (χ1v) is 10.9. The Labute approximate surface area is 190 Å². The average molecular weight is 439 g/mol. The van der Waals surface area contributed by atoms with Crippen LogP contribution in [-0.2, 0) is 24.7 Å². The van der Waals surface area contributed by atoms with Gasteiger partial charge in [0.15, 0.2) is 5.60 Å². The van der Waals surface area contributed by atoms with Crippen LogP contribution in [0.3, 0.4) is 0 Å². The van der Waals surface area contributed by atoms with Crippen molar-refractivity contribution in [3.63, 3.8) is 0 Å². The molecule has 0 unspecified atom stereocenters. The zero-order valence-electron chi connectivity index (χ0n) is 18.1. The first kappa shape index (κ1) is 19.7. The lowest BCUT2D eigenvalue weighted by Crippen LogP contribution is -2.55. The molecule has 7 rings (SSSR count). The fraction of sp³-hybridized carbons (Fsp3) is 0.222. The number of hydrogen-bond donors (Lipinski definition) is 0. The van der Waals surface area contributed by atoms with E-state index < -0.39 is 23.4 Å². The third kappa shape index (κ3) is 2.35. The summed E-state index contributed by atoms with van der Waals surface area (Å²) in [6.45, 7) is 1.34. The van der Waals surface area contributed by atoms with E-state index in [-0.39, 0.29) is 17.7 Å². The molecule has 0 spiro atoms. The molecule has 0 saturated carbocycles. The minimum absolute atomic E-state index is 0.306. The fourth-order valence-corrected chi connectivity index (χ4v) is 6.15. The zero-order chi connectivity index (χ0) is 22.9. The molecule has 1 saturated heterocycles. The summed E-state index contributed by atoms with van der Waals surface area (Å²) >= 11 is 0. The third-order valence-electron chi connectivity index (χ3n) is 7.17. The van der Waals surface area contributed by atoms with E-state index in [9.17, 15) is 14.4 Å². The van der Waals surface area contributed by atoms with Gasteiger partial charge in [0.25, 0.3) is 0 Å². The van der Waals surface area contributed by atoms with Gasteiger partial charge in [0, 0.05) is 24.0 Å². The smallest absolute Gasteiger partial charge is 0.303 e. The highest BCUT2D eigenvalue weighted by Crippen LogP contribution is 2.64. The molecule has 0 N–H and O–H groups in total. The number of rotatable bonds is 3. The van der Waals surface area contributed by atoms with Crippen molar-refractivity contribution >= 4 is 23.5 Å². The number of hydrogen-bond acceptors (Lipinski definition) is 5. The molecule has 2 atom stereocenters. The summed E-state index contributed by atoms with van der Waals surface area (Å²) in [7, 11) is 1.51. The maximum Gasteiger partial charge on any atom is 0.303 e. The molecule has 3 aliphatic carbocycles. The molecule has 0 radical (unpaired) electrons. The van der Waals surface area contributed by atoms with Gasteiger partial charge in [0.05, 0.1) is 24.6 Å². The molecular weight excluding hydrogens is 418 g/mol. The Morgan fingerprint density at radius 3 is 2.03 bits per heavy atom. The maximum atomic E-state index is 14.1. The predicted octanol–water partition coefficient (Wildman–Crippen LogP) is 3.77. The van der Waals surface area contributed by atoms with Gasteiger partial charge in [-0.2, -0.15) is 0 Å². The lowest BCUT2D eigenvalue weighted by atomic mass is 9.52. The Balaban J connectivity index is 1.66. The average Bonchev–Trinajstić information content (AvgIpc) is 3.10. The van der Waals surface area contributed by atoms with Crippen molar-refractivity contribution in [2.75, 3.05) is 12.0 Å². The normalized spacial score (nSPS) is 26.5. The van der Waals surface area contributed by atoms with E-state index in [1.54, 1.807) is 24.3 Å². The van der Waals surface area contributed by atoms with Gasteiger partial charge in [-0.1, -0.05) is 60.7 Å². The highest BCUT2D eigenvalue weighted by Gasteiger charge is 2.70. The van der Waals surface area contributed by atoms with Crippen LogP contribution in [0.4, 0.5) is 5.69 Å². The Morgan fingerprint density at radius 1 is 0.848 bits per heavy atom. The number of carbonyl (C=O) groups is 3. The molecule has 0 aromatic heterocycles. The van der Waals surface area contributed by atoms with Gasteiger partial charge in [-0.15, -0.1) is 0 Å². The van der Waals surface area contributed by atoms with Gasteiger partial charge in [-0.05, 0) is 23.3 Å². The number of imide groups is 1. The highest BCUT2D eigenvalue weighted by atomic mass is 16.6. The second kappa shape index (κ2) is 6.78. The van der Waals surface area contributed by atoms with E-state index in [0.717, 1.165) is 22.3 Å². The third-order valence-corrected chi connectivity index (χ3v) is 7.17. The number of ether oxygens (including phenoxy) is 2. The van der Waals surface area contributed by atoms with Crippen LogP contribution in [0.2, 0.25) is 0 Å². The summed E-state index contributed by atoms with van der Waals surface area (Å²) in [5.74, 6) is -2.63. The van der Waals surface area contributed by atoms with Gasteiger partial charge < -0.3 is 9.47 Å². The number of methoxy groups -OCH3 is 1.